The Morgan fingerprint density at radius 3 is 1.60 bits per heavy atom. The quantitative estimate of drug-likeness (QED) is 0.339. The Bertz CT molecular complexity index is 482. The van der Waals surface area contributed by atoms with E-state index < -0.39 is 0 Å². The molecule has 1 nitrogen and oxygen atoms in total. The van der Waals surface area contributed by atoms with Crippen LogP contribution >= 0.6 is 0 Å². The molecule has 0 N–H and O–H groups in total. The molecule has 2 fully saturated rings. The fourth-order valence-electron chi connectivity index (χ4n) is 3.58. The molecule has 0 unspecified atom stereocenters. The molecular formula is C23H35NZr+2. The maximum atomic E-state index is 10.0. The van der Waals surface area contributed by atoms with E-state index in [1.54, 1.807) is 0 Å². The van der Waals surface area contributed by atoms with Crippen LogP contribution in [0.2, 0.25) is 0 Å². The second-order valence-corrected chi connectivity index (χ2v) is 8.44. The molecule has 0 spiro atoms. The Kier molecular flexibility index (Phi) is 10.3. The van der Waals surface area contributed by atoms with E-state index in [9.17, 15) is 5.41 Å². The van der Waals surface area contributed by atoms with Gasteiger partial charge in [-0.15, -0.1) is 12.1 Å². The summed E-state index contributed by atoms with van der Waals surface area (Å²) < 4.78 is 0. The zero-order valence-corrected chi connectivity index (χ0v) is 18.9. The van der Waals surface area contributed by atoms with Gasteiger partial charge in [-0.3, -0.25) is 0 Å². The van der Waals surface area contributed by atoms with Crippen molar-refractivity contribution >= 4 is 5.71 Å². The molecule has 1 atom stereocenters. The number of fused-ring (bicyclic) bond motifs is 1. The number of hydrogen-bond donors (Lipinski definition) is 0. The summed E-state index contributed by atoms with van der Waals surface area (Å²) in [6, 6.07) is 8.22. The number of benzene rings is 1. The first kappa shape index (κ1) is 22.7. The zero-order chi connectivity index (χ0) is 17.4. The molecular weight excluding hydrogens is 381 g/mol. The smallest absolute Gasteiger partial charge is 0.812 e. The second-order valence-electron chi connectivity index (χ2n) is 8.44. The summed E-state index contributed by atoms with van der Waals surface area (Å²) >= 11 is 0. The Hall–Kier alpha value is -0.357. The summed E-state index contributed by atoms with van der Waals surface area (Å²) in [5, 5.41) is 10.0. The SMILES string of the molecule is C1CCCC1.C1CCCC1.CC(C)(C)C(=[N-])[C@H]1[CH-]c2ccccc21.[Zr+4]. The number of rotatable bonds is 1. The Balaban J connectivity index is 0.000000233. The average molecular weight is 417 g/mol. The van der Waals surface area contributed by atoms with Crippen LogP contribution in [0.1, 0.15) is 102 Å². The van der Waals surface area contributed by atoms with E-state index in [2.05, 4.69) is 18.6 Å². The van der Waals surface area contributed by atoms with Crippen LogP contribution in [0.25, 0.3) is 5.41 Å². The van der Waals surface area contributed by atoms with E-state index in [1.807, 2.05) is 32.9 Å². The van der Waals surface area contributed by atoms with Crippen molar-refractivity contribution in [2.75, 3.05) is 0 Å². The van der Waals surface area contributed by atoms with Gasteiger partial charge in [0.05, 0.1) is 0 Å². The first-order chi connectivity index (χ1) is 11.5. The van der Waals surface area contributed by atoms with Crippen molar-refractivity contribution in [3.05, 3.63) is 47.2 Å². The zero-order valence-electron chi connectivity index (χ0n) is 16.5. The summed E-state index contributed by atoms with van der Waals surface area (Å²) in [6.07, 6.45) is 17.1. The molecule has 2 heteroatoms. The van der Waals surface area contributed by atoms with Crippen LogP contribution in [0.4, 0.5) is 0 Å². The molecule has 0 aliphatic heterocycles. The van der Waals surface area contributed by atoms with Crippen molar-refractivity contribution in [2.24, 2.45) is 5.41 Å². The first-order valence-electron chi connectivity index (χ1n) is 10.0. The molecule has 25 heavy (non-hydrogen) atoms. The maximum absolute atomic E-state index is 10.0. The van der Waals surface area contributed by atoms with E-state index in [0.29, 0.717) is 5.71 Å². The molecule has 1 aromatic rings. The molecule has 0 amide bonds. The van der Waals surface area contributed by atoms with Gasteiger partial charge in [0, 0.05) is 0 Å². The van der Waals surface area contributed by atoms with Gasteiger partial charge >= 0.3 is 26.2 Å². The fraction of sp³-hybridized carbons (Fsp3) is 0.652. The predicted molar refractivity (Wildman–Crippen MR) is 107 cm³/mol. The Labute approximate surface area is 175 Å². The molecule has 0 aromatic heterocycles. The monoisotopic (exact) mass is 415 g/mol. The van der Waals surface area contributed by atoms with Gasteiger partial charge in [0.1, 0.15) is 0 Å². The van der Waals surface area contributed by atoms with E-state index in [4.69, 9.17) is 0 Å². The van der Waals surface area contributed by atoms with Gasteiger partial charge in [-0.2, -0.15) is 23.6 Å². The van der Waals surface area contributed by atoms with Crippen molar-refractivity contribution in [3.8, 4) is 0 Å². The average Bonchev–Trinajstić information content (AvgIpc) is 3.26. The summed E-state index contributed by atoms with van der Waals surface area (Å²) in [4.78, 5) is 0. The van der Waals surface area contributed by atoms with Gasteiger partial charge in [-0.05, 0) is 5.41 Å². The molecule has 3 aliphatic carbocycles. The summed E-state index contributed by atoms with van der Waals surface area (Å²) in [6.45, 7) is 6.12. The Morgan fingerprint density at radius 2 is 1.24 bits per heavy atom. The van der Waals surface area contributed by atoms with E-state index in [-0.39, 0.29) is 37.5 Å². The third kappa shape index (κ3) is 7.42. The molecule has 0 heterocycles. The standard InChI is InChI=1S/C13H15N.2C5H10.Zr/c1-13(2,3)12(14)11-8-9-6-4-5-7-10(9)11;2*1-2-4-5-3-1;/h4-8,11H,1-3H3;2*1-5H2;/q-2;;;+4/t11-;;;/m0.../s1. The third-order valence-corrected chi connectivity index (χ3v) is 5.24. The number of nitrogens with zero attached hydrogens (tertiary/aromatic N) is 1. The van der Waals surface area contributed by atoms with E-state index in [0.717, 1.165) is 0 Å². The second kappa shape index (κ2) is 11.4. The molecule has 0 saturated heterocycles. The van der Waals surface area contributed by atoms with E-state index in [1.165, 1.54) is 75.3 Å². The molecule has 0 bridgehead atoms. The topological polar surface area (TPSA) is 22.3 Å². The Morgan fingerprint density at radius 1 is 0.840 bits per heavy atom. The van der Waals surface area contributed by atoms with Crippen molar-refractivity contribution in [2.45, 2.75) is 90.9 Å². The summed E-state index contributed by atoms with van der Waals surface area (Å²) in [5.74, 6) is 0.145. The summed E-state index contributed by atoms with van der Waals surface area (Å²) in [7, 11) is 0. The van der Waals surface area contributed by atoms with Crippen LogP contribution in [0, 0.1) is 11.8 Å². The fourth-order valence-corrected chi connectivity index (χ4v) is 3.58. The van der Waals surface area contributed by atoms with Crippen molar-refractivity contribution in [3.63, 3.8) is 0 Å². The molecule has 1 aromatic carbocycles. The molecule has 0 radical (unpaired) electrons. The summed E-state index contributed by atoms with van der Waals surface area (Å²) in [5.41, 5.74) is 2.94. The third-order valence-electron chi connectivity index (χ3n) is 5.24. The van der Waals surface area contributed by atoms with Gasteiger partial charge in [0.2, 0.25) is 0 Å². The molecule has 134 valence electrons. The van der Waals surface area contributed by atoms with Crippen LogP contribution in [0.15, 0.2) is 24.3 Å². The van der Waals surface area contributed by atoms with Crippen LogP contribution in [-0.4, -0.2) is 5.71 Å². The largest absolute Gasteiger partial charge is 4.00 e. The first-order valence-corrected chi connectivity index (χ1v) is 10.0. The normalized spacial score (nSPS) is 20.4. The van der Waals surface area contributed by atoms with Gasteiger partial charge in [-0.1, -0.05) is 97.0 Å². The van der Waals surface area contributed by atoms with Crippen LogP contribution < -0.4 is 0 Å². The minimum Gasteiger partial charge on any atom is -0.812 e. The number of hydrogen-bond acceptors (Lipinski definition) is 0. The van der Waals surface area contributed by atoms with Gasteiger partial charge in [0.15, 0.2) is 0 Å². The van der Waals surface area contributed by atoms with Crippen molar-refractivity contribution in [1.29, 1.82) is 0 Å². The molecule has 3 aliphatic rings. The minimum atomic E-state index is -0.130. The minimum absolute atomic E-state index is 0. The van der Waals surface area contributed by atoms with Crippen molar-refractivity contribution in [1.82, 2.24) is 0 Å². The van der Waals surface area contributed by atoms with E-state index >= 15 is 0 Å². The maximum Gasteiger partial charge on any atom is 4.00 e. The van der Waals surface area contributed by atoms with Crippen LogP contribution in [0.3, 0.4) is 0 Å². The van der Waals surface area contributed by atoms with Crippen LogP contribution in [-0.2, 0) is 26.2 Å². The van der Waals surface area contributed by atoms with Crippen molar-refractivity contribution < 1.29 is 26.2 Å². The molecule has 2 saturated carbocycles. The van der Waals surface area contributed by atoms with Gasteiger partial charge < -0.3 is 5.41 Å². The predicted octanol–water partition coefficient (Wildman–Crippen LogP) is 7.29. The van der Waals surface area contributed by atoms with Gasteiger partial charge in [0.25, 0.3) is 0 Å². The van der Waals surface area contributed by atoms with Crippen LogP contribution in [0.5, 0.6) is 0 Å². The van der Waals surface area contributed by atoms with Gasteiger partial charge in [-0.25, -0.2) is 5.71 Å². The molecule has 4 rings (SSSR count).